The van der Waals surface area contributed by atoms with Crippen molar-refractivity contribution >= 4 is 29.9 Å². The quantitative estimate of drug-likeness (QED) is 0.233. The van der Waals surface area contributed by atoms with Crippen LogP contribution < -0.4 is 10.6 Å². The first-order chi connectivity index (χ1) is 11.3. The Kier molecular flexibility index (Phi) is 14.0. The standard InChI is InChI=1S/C17H32N4O2.HI/c1-5-9-11-22-12-10-19-17(18-8-4)20-13-14-15(6-2)21-23-16(14)7-3;/h5-13H2,1-4H3,(H2,18,19,20);1H. The summed E-state index contributed by atoms with van der Waals surface area (Å²) in [4.78, 5) is 4.65. The van der Waals surface area contributed by atoms with E-state index in [4.69, 9.17) is 9.26 Å². The number of aromatic nitrogens is 1. The summed E-state index contributed by atoms with van der Waals surface area (Å²) in [5, 5.41) is 10.7. The van der Waals surface area contributed by atoms with Crippen LogP contribution in [-0.4, -0.2) is 37.4 Å². The Balaban J connectivity index is 0.00000529. The van der Waals surface area contributed by atoms with Crippen LogP contribution in [-0.2, 0) is 24.1 Å². The van der Waals surface area contributed by atoms with Gasteiger partial charge in [0.15, 0.2) is 5.96 Å². The van der Waals surface area contributed by atoms with Crippen molar-refractivity contribution in [2.45, 2.75) is 59.9 Å². The second-order valence-corrected chi connectivity index (χ2v) is 5.33. The minimum Gasteiger partial charge on any atom is -0.380 e. The zero-order chi connectivity index (χ0) is 16.9. The fraction of sp³-hybridized carbons (Fsp3) is 0.765. The number of nitrogens with one attached hydrogen (secondary N) is 2. The minimum atomic E-state index is 0. The molecule has 6 nitrogen and oxygen atoms in total. The van der Waals surface area contributed by atoms with Crippen molar-refractivity contribution in [3.8, 4) is 0 Å². The van der Waals surface area contributed by atoms with Crippen LogP contribution in [0.1, 0.15) is 57.6 Å². The predicted octanol–water partition coefficient (Wildman–Crippen LogP) is 3.29. The Labute approximate surface area is 163 Å². The molecule has 0 saturated carbocycles. The number of rotatable bonds is 11. The molecule has 1 aromatic heterocycles. The molecule has 0 unspecified atom stereocenters. The van der Waals surface area contributed by atoms with Crippen LogP contribution in [0.15, 0.2) is 9.52 Å². The average Bonchev–Trinajstić information content (AvgIpc) is 2.97. The summed E-state index contributed by atoms with van der Waals surface area (Å²) in [6.45, 7) is 12.1. The highest BCUT2D eigenvalue weighted by Gasteiger charge is 2.12. The number of unbranched alkanes of at least 4 members (excludes halogenated alkanes) is 1. The van der Waals surface area contributed by atoms with E-state index < -0.39 is 0 Å². The van der Waals surface area contributed by atoms with Crippen LogP contribution in [0.5, 0.6) is 0 Å². The lowest BCUT2D eigenvalue weighted by Gasteiger charge is -2.11. The number of guanidine groups is 1. The predicted molar refractivity (Wildman–Crippen MR) is 109 cm³/mol. The zero-order valence-corrected chi connectivity index (χ0v) is 17.8. The molecule has 0 atom stereocenters. The smallest absolute Gasteiger partial charge is 0.191 e. The van der Waals surface area contributed by atoms with Crippen LogP contribution in [0, 0.1) is 0 Å². The lowest BCUT2D eigenvalue weighted by Crippen LogP contribution is -2.39. The van der Waals surface area contributed by atoms with E-state index in [2.05, 4.69) is 48.5 Å². The summed E-state index contributed by atoms with van der Waals surface area (Å²) in [6.07, 6.45) is 3.98. The first kappa shape index (κ1) is 23.2. The largest absolute Gasteiger partial charge is 0.380 e. The first-order valence-corrected chi connectivity index (χ1v) is 8.82. The molecule has 0 aliphatic carbocycles. The summed E-state index contributed by atoms with van der Waals surface area (Å²) in [5.74, 6) is 1.74. The van der Waals surface area contributed by atoms with Crippen LogP contribution in [0.4, 0.5) is 0 Å². The third-order valence-electron chi connectivity index (χ3n) is 3.53. The van der Waals surface area contributed by atoms with Gasteiger partial charge in [0, 0.05) is 31.7 Å². The van der Waals surface area contributed by atoms with Crippen LogP contribution in [0.2, 0.25) is 0 Å². The molecule has 0 aliphatic heterocycles. The molecule has 0 spiro atoms. The fourth-order valence-electron chi connectivity index (χ4n) is 2.21. The van der Waals surface area contributed by atoms with E-state index in [1.54, 1.807) is 0 Å². The van der Waals surface area contributed by atoms with Gasteiger partial charge >= 0.3 is 0 Å². The molecule has 0 radical (unpaired) electrons. The molecule has 1 rings (SSSR count). The van der Waals surface area contributed by atoms with Gasteiger partial charge in [-0.1, -0.05) is 32.3 Å². The maximum Gasteiger partial charge on any atom is 0.191 e. The lowest BCUT2D eigenvalue weighted by atomic mass is 10.1. The Morgan fingerprint density at radius 3 is 2.54 bits per heavy atom. The van der Waals surface area contributed by atoms with Gasteiger partial charge in [-0.2, -0.15) is 0 Å². The molecule has 0 fully saturated rings. The molecular formula is C17H33IN4O2. The molecule has 0 amide bonds. The molecule has 1 aromatic rings. The number of aliphatic imine (C=N–C) groups is 1. The molecule has 1 heterocycles. The molecular weight excluding hydrogens is 419 g/mol. The highest BCUT2D eigenvalue weighted by molar-refractivity contribution is 14.0. The second kappa shape index (κ2) is 14.5. The van der Waals surface area contributed by atoms with Crippen molar-refractivity contribution in [2.24, 2.45) is 4.99 Å². The van der Waals surface area contributed by atoms with E-state index in [0.717, 1.165) is 68.4 Å². The van der Waals surface area contributed by atoms with Gasteiger partial charge in [0.25, 0.3) is 0 Å². The second-order valence-electron chi connectivity index (χ2n) is 5.33. The first-order valence-electron chi connectivity index (χ1n) is 8.82. The van der Waals surface area contributed by atoms with Crippen molar-refractivity contribution in [1.29, 1.82) is 0 Å². The van der Waals surface area contributed by atoms with E-state index in [9.17, 15) is 0 Å². The molecule has 24 heavy (non-hydrogen) atoms. The van der Waals surface area contributed by atoms with Crippen LogP contribution in [0.25, 0.3) is 0 Å². The Bertz CT molecular complexity index is 442. The fourth-order valence-corrected chi connectivity index (χ4v) is 2.21. The average molecular weight is 452 g/mol. The monoisotopic (exact) mass is 452 g/mol. The number of ether oxygens (including phenoxy) is 1. The summed E-state index contributed by atoms with van der Waals surface area (Å²) >= 11 is 0. The summed E-state index contributed by atoms with van der Waals surface area (Å²) in [7, 11) is 0. The number of nitrogens with zero attached hydrogens (tertiary/aromatic N) is 2. The summed E-state index contributed by atoms with van der Waals surface area (Å²) in [6, 6.07) is 0. The molecule has 0 saturated heterocycles. The van der Waals surface area contributed by atoms with E-state index in [1.165, 1.54) is 0 Å². The highest BCUT2D eigenvalue weighted by atomic mass is 127. The molecule has 0 aromatic carbocycles. The topological polar surface area (TPSA) is 71.7 Å². The SMILES string of the molecule is CCCCOCCNC(=NCc1c(CC)noc1CC)NCC.I. The van der Waals surface area contributed by atoms with Crippen molar-refractivity contribution in [1.82, 2.24) is 15.8 Å². The van der Waals surface area contributed by atoms with Crippen molar-refractivity contribution in [2.75, 3.05) is 26.3 Å². The van der Waals surface area contributed by atoms with Crippen molar-refractivity contribution in [3.05, 3.63) is 17.0 Å². The van der Waals surface area contributed by atoms with Gasteiger partial charge in [-0.15, -0.1) is 24.0 Å². The normalized spacial score (nSPS) is 11.2. The number of aryl methyl sites for hydroxylation is 2. The molecule has 0 bridgehead atoms. The number of halogens is 1. The molecule has 0 aliphatic rings. The zero-order valence-electron chi connectivity index (χ0n) is 15.5. The van der Waals surface area contributed by atoms with Gasteiger partial charge in [0.05, 0.1) is 18.8 Å². The molecule has 140 valence electrons. The van der Waals surface area contributed by atoms with Gasteiger partial charge in [-0.3, -0.25) is 0 Å². The minimum absolute atomic E-state index is 0. The van der Waals surface area contributed by atoms with E-state index in [-0.39, 0.29) is 24.0 Å². The van der Waals surface area contributed by atoms with E-state index in [0.29, 0.717) is 13.2 Å². The van der Waals surface area contributed by atoms with Gasteiger partial charge in [-0.25, -0.2) is 4.99 Å². The highest BCUT2D eigenvalue weighted by Crippen LogP contribution is 2.16. The van der Waals surface area contributed by atoms with Gasteiger partial charge in [-0.05, 0) is 19.8 Å². The van der Waals surface area contributed by atoms with E-state index >= 15 is 0 Å². The van der Waals surface area contributed by atoms with E-state index in [1.807, 2.05) is 0 Å². The van der Waals surface area contributed by atoms with Gasteiger partial charge in [0.2, 0.25) is 0 Å². The molecule has 2 N–H and O–H groups in total. The maximum atomic E-state index is 5.56. The third-order valence-corrected chi connectivity index (χ3v) is 3.53. The Hall–Kier alpha value is -0.830. The third kappa shape index (κ3) is 8.32. The molecule has 7 heteroatoms. The number of hydrogen-bond donors (Lipinski definition) is 2. The summed E-state index contributed by atoms with van der Waals surface area (Å²) < 4.78 is 10.9. The number of hydrogen-bond acceptors (Lipinski definition) is 4. The Morgan fingerprint density at radius 1 is 1.12 bits per heavy atom. The van der Waals surface area contributed by atoms with Gasteiger partial charge in [0.1, 0.15) is 5.76 Å². The summed E-state index contributed by atoms with van der Waals surface area (Å²) in [5.41, 5.74) is 2.12. The van der Waals surface area contributed by atoms with Crippen molar-refractivity contribution < 1.29 is 9.26 Å². The van der Waals surface area contributed by atoms with Crippen molar-refractivity contribution in [3.63, 3.8) is 0 Å². The van der Waals surface area contributed by atoms with Gasteiger partial charge < -0.3 is 19.9 Å². The van der Waals surface area contributed by atoms with Crippen LogP contribution in [0.3, 0.4) is 0 Å². The lowest BCUT2D eigenvalue weighted by molar-refractivity contribution is 0.136. The maximum absolute atomic E-state index is 5.56. The van der Waals surface area contributed by atoms with Crippen LogP contribution >= 0.6 is 24.0 Å². The Morgan fingerprint density at radius 2 is 1.92 bits per heavy atom.